The first-order chi connectivity index (χ1) is 8.25. The molecule has 1 aromatic heterocycles. The summed E-state index contributed by atoms with van der Waals surface area (Å²) in [5.41, 5.74) is 0.650. The van der Waals surface area contributed by atoms with Crippen LogP contribution >= 0.6 is 0 Å². The van der Waals surface area contributed by atoms with E-state index < -0.39 is 11.6 Å². The fourth-order valence-electron chi connectivity index (χ4n) is 1.67. The second kappa shape index (κ2) is 3.66. The number of para-hydroxylation sites is 1. The number of oxazole rings is 1. The Balaban J connectivity index is 2.26. The first kappa shape index (κ1) is 9.96. The van der Waals surface area contributed by atoms with Gasteiger partial charge < -0.3 is 4.42 Å². The fraction of sp³-hybridized carbons (Fsp3) is 0. The summed E-state index contributed by atoms with van der Waals surface area (Å²) in [5, 5.41) is 0. The lowest BCUT2D eigenvalue weighted by atomic mass is 10.2. The van der Waals surface area contributed by atoms with Crippen LogP contribution in [-0.2, 0) is 0 Å². The number of aromatic nitrogens is 1. The molecular formula is C13H7F2NO. The molecule has 0 saturated carbocycles. The van der Waals surface area contributed by atoms with E-state index in [1.807, 2.05) is 0 Å². The first-order valence-electron chi connectivity index (χ1n) is 5.05. The van der Waals surface area contributed by atoms with Crippen LogP contribution in [0.25, 0.3) is 22.6 Å². The zero-order chi connectivity index (χ0) is 11.8. The van der Waals surface area contributed by atoms with Gasteiger partial charge in [-0.15, -0.1) is 0 Å². The third-order valence-corrected chi connectivity index (χ3v) is 2.47. The first-order valence-corrected chi connectivity index (χ1v) is 5.05. The molecule has 0 spiro atoms. The second-order valence-electron chi connectivity index (χ2n) is 3.59. The molecule has 0 bridgehead atoms. The van der Waals surface area contributed by atoms with Crippen LogP contribution in [0.2, 0.25) is 0 Å². The molecule has 4 heteroatoms. The van der Waals surface area contributed by atoms with E-state index >= 15 is 0 Å². The van der Waals surface area contributed by atoms with Crippen molar-refractivity contribution < 1.29 is 13.2 Å². The van der Waals surface area contributed by atoms with E-state index in [-0.39, 0.29) is 17.0 Å². The summed E-state index contributed by atoms with van der Waals surface area (Å²) in [6.07, 6.45) is 0. The Hall–Kier alpha value is -2.23. The predicted octanol–water partition coefficient (Wildman–Crippen LogP) is 3.77. The van der Waals surface area contributed by atoms with Crippen molar-refractivity contribution in [2.45, 2.75) is 0 Å². The monoisotopic (exact) mass is 231 g/mol. The zero-order valence-corrected chi connectivity index (χ0v) is 8.65. The van der Waals surface area contributed by atoms with Gasteiger partial charge in [0.2, 0.25) is 5.89 Å². The van der Waals surface area contributed by atoms with Gasteiger partial charge in [-0.3, -0.25) is 0 Å². The molecule has 3 aromatic rings. The maximum atomic E-state index is 13.5. The summed E-state index contributed by atoms with van der Waals surface area (Å²) in [6, 6.07) is 10.5. The van der Waals surface area contributed by atoms with E-state index in [1.165, 1.54) is 24.3 Å². The molecule has 0 unspecified atom stereocenters. The van der Waals surface area contributed by atoms with Crippen molar-refractivity contribution in [3.63, 3.8) is 0 Å². The molecule has 17 heavy (non-hydrogen) atoms. The summed E-state index contributed by atoms with van der Waals surface area (Å²) < 4.78 is 32.1. The van der Waals surface area contributed by atoms with Gasteiger partial charge in [-0.25, -0.2) is 13.8 Å². The van der Waals surface area contributed by atoms with Crippen LogP contribution in [0.4, 0.5) is 8.78 Å². The van der Waals surface area contributed by atoms with Crippen LogP contribution in [0.5, 0.6) is 0 Å². The minimum atomic E-state index is -0.502. The van der Waals surface area contributed by atoms with E-state index in [2.05, 4.69) is 4.98 Å². The Morgan fingerprint density at radius 1 is 0.882 bits per heavy atom. The smallest absolute Gasteiger partial charge is 0.230 e. The van der Waals surface area contributed by atoms with Crippen molar-refractivity contribution in [2.24, 2.45) is 0 Å². The number of rotatable bonds is 1. The highest BCUT2D eigenvalue weighted by Crippen LogP contribution is 2.27. The van der Waals surface area contributed by atoms with Crippen LogP contribution in [0.3, 0.4) is 0 Å². The molecular weight excluding hydrogens is 224 g/mol. The zero-order valence-electron chi connectivity index (χ0n) is 8.65. The number of hydrogen-bond acceptors (Lipinski definition) is 2. The van der Waals surface area contributed by atoms with Crippen LogP contribution < -0.4 is 0 Å². The lowest BCUT2D eigenvalue weighted by molar-refractivity contribution is 0.557. The van der Waals surface area contributed by atoms with Gasteiger partial charge in [-0.05, 0) is 24.3 Å². The van der Waals surface area contributed by atoms with Crippen molar-refractivity contribution in [2.75, 3.05) is 0 Å². The Labute approximate surface area is 95.5 Å². The van der Waals surface area contributed by atoms with E-state index in [0.29, 0.717) is 5.52 Å². The summed E-state index contributed by atoms with van der Waals surface area (Å²) >= 11 is 0. The predicted molar refractivity (Wildman–Crippen MR) is 59.4 cm³/mol. The van der Waals surface area contributed by atoms with Gasteiger partial charge >= 0.3 is 0 Å². The van der Waals surface area contributed by atoms with E-state index in [9.17, 15) is 8.78 Å². The summed E-state index contributed by atoms with van der Waals surface area (Å²) in [4.78, 5) is 4.06. The molecule has 1 heterocycles. The number of nitrogens with zero attached hydrogens (tertiary/aromatic N) is 1. The van der Waals surface area contributed by atoms with Crippen LogP contribution in [-0.4, -0.2) is 4.98 Å². The summed E-state index contributed by atoms with van der Waals surface area (Å²) in [7, 11) is 0. The molecule has 0 saturated heterocycles. The van der Waals surface area contributed by atoms with Crippen LogP contribution in [0.1, 0.15) is 0 Å². The molecule has 2 nitrogen and oxygen atoms in total. The third kappa shape index (κ3) is 1.58. The molecule has 0 atom stereocenters. The Kier molecular flexibility index (Phi) is 2.14. The quantitative estimate of drug-likeness (QED) is 0.637. The van der Waals surface area contributed by atoms with E-state index in [1.54, 1.807) is 18.2 Å². The highest BCUT2D eigenvalue weighted by molar-refractivity contribution is 5.76. The summed E-state index contributed by atoms with van der Waals surface area (Å²) in [6.45, 7) is 0. The van der Waals surface area contributed by atoms with Gasteiger partial charge in [-0.2, -0.15) is 0 Å². The normalized spacial score (nSPS) is 10.9. The van der Waals surface area contributed by atoms with Gasteiger partial charge in [0.25, 0.3) is 0 Å². The molecule has 84 valence electrons. The molecule has 0 aliphatic rings. The van der Waals surface area contributed by atoms with Crippen LogP contribution in [0.15, 0.2) is 46.9 Å². The molecule has 0 aliphatic carbocycles. The molecule has 0 N–H and O–H groups in total. The maximum Gasteiger partial charge on any atom is 0.230 e. The maximum absolute atomic E-state index is 13.5. The van der Waals surface area contributed by atoms with E-state index in [0.717, 1.165) is 0 Å². The average molecular weight is 231 g/mol. The van der Waals surface area contributed by atoms with Gasteiger partial charge in [0.1, 0.15) is 11.3 Å². The highest BCUT2D eigenvalue weighted by atomic mass is 19.1. The van der Waals surface area contributed by atoms with Crippen molar-refractivity contribution >= 4 is 11.1 Å². The number of fused-ring (bicyclic) bond motifs is 1. The summed E-state index contributed by atoms with van der Waals surface area (Å²) in [5.74, 6) is -0.861. The Morgan fingerprint density at radius 2 is 1.65 bits per heavy atom. The molecule has 0 aliphatic heterocycles. The Bertz CT molecular complexity index is 691. The Morgan fingerprint density at radius 3 is 2.41 bits per heavy atom. The molecule has 0 fully saturated rings. The molecule has 0 amide bonds. The highest BCUT2D eigenvalue weighted by Gasteiger charge is 2.13. The van der Waals surface area contributed by atoms with Crippen molar-refractivity contribution in [3.8, 4) is 11.5 Å². The minimum absolute atomic E-state index is 0.0470. The molecule has 3 rings (SSSR count). The van der Waals surface area contributed by atoms with Crippen molar-refractivity contribution in [1.82, 2.24) is 4.98 Å². The molecule has 0 radical (unpaired) electrons. The van der Waals surface area contributed by atoms with E-state index in [4.69, 9.17) is 4.42 Å². The fourth-order valence-corrected chi connectivity index (χ4v) is 1.67. The standard InChI is InChI=1S/C13H7F2NO/c14-9-5-2-1-4-8(9)13-16-11-7-3-6-10(15)12(11)17-13/h1-7H. The van der Waals surface area contributed by atoms with Crippen molar-refractivity contribution in [1.29, 1.82) is 0 Å². The van der Waals surface area contributed by atoms with Gasteiger partial charge in [0.15, 0.2) is 11.4 Å². The average Bonchev–Trinajstić information content (AvgIpc) is 2.75. The number of halogens is 2. The van der Waals surface area contributed by atoms with Gasteiger partial charge in [0.05, 0.1) is 5.56 Å². The van der Waals surface area contributed by atoms with Crippen molar-refractivity contribution in [3.05, 3.63) is 54.1 Å². The van der Waals surface area contributed by atoms with Crippen LogP contribution in [0, 0.1) is 11.6 Å². The molecule has 2 aromatic carbocycles. The number of hydrogen-bond donors (Lipinski definition) is 0. The second-order valence-corrected chi connectivity index (χ2v) is 3.59. The lowest BCUT2D eigenvalue weighted by Gasteiger charge is -1.95. The third-order valence-electron chi connectivity index (χ3n) is 2.47. The van der Waals surface area contributed by atoms with Gasteiger partial charge in [-0.1, -0.05) is 18.2 Å². The largest absolute Gasteiger partial charge is 0.433 e. The SMILES string of the molecule is Fc1ccccc1-c1nc2cccc(F)c2o1. The number of benzene rings is 2. The topological polar surface area (TPSA) is 26.0 Å². The van der Waals surface area contributed by atoms with Gasteiger partial charge in [0, 0.05) is 0 Å². The lowest BCUT2D eigenvalue weighted by Crippen LogP contribution is -1.82. The minimum Gasteiger partial charge on any atom is -0.433 e.